The molecule has 1 aromatic carbocycles. The first-order valence-corrected chi connectivity index (χ1v) is 19.0. The zero-order valence-corrected chi connectivity index (χ0v) is 30.2. The molecule has 0 spiro atoms. The van der Waals surface area contributed by atoms with Crippen LogP contribution in [-0.2, 0) is 32.0 Å². The Hall–Kier alpha value is -4.65. The predicted octanol–water partition coefficient (Wildman–Crippen LogP) is 6.29. The standard InChI is InChI=1S/C40H45F2N7O4/c1-39-21-31-28(20-32(39)40(39,41)42)37(46-49(31)36-5-3-4-16-53-36)30-18-24-6-8-26(19-29(24)44-30)47(2)35(51)17-23-12-14-48(15-13-23)33-10-7-25(22-43-33)27-9-11-34(50)45-38(27)52/h6-8,10,18-19,22-23,27,32,36,44H,3-5,9,11-17,20-21H2,1-2H3,(H,45,50,52). The van der Waals surface area contributed by atoms with Gasteiger partial charge >= 0.3 is 0 Å². The van der Waals surface area contributed by atoms with Gasteiger partial charge in [0.25, 0.3) is 5.92 Å². The fourth-order valence-corrected chi connectivity index (χ4v) is 9.25. The summed E-state index contributed by atoms with van der Waals surface area (Å²) in [5.74, 6) is -3.06. The minimum Gasteiger partial charge on any atom is -0.357 e. The van der Waals surface area contributed by atoms with Crippen molar-refractivity contribution in [1.29, 1.82) is 0 Å². The first-order chi connectivity index (χ1) is 25.5. The molecule has 3 aliphatic heterocycles. The Labute approximate surface area is 306 Å². The number of imide groups is 1. The van der Waals surface area contributed by atoms with Gasteiger partial charge in [-0.3, -0.25) is 19.7 Å². The van der Waals surface area contributed by atoms with Gasteiger partial charge in [0, 0.05) is 91.4 Å². The third-order valence-electron chi connectivity index (χ3n) is 12.8. The van der Waals surface area contributed by atoms with Gasteiger partial charge in [-0.2, -0.15) is 5.10 Å². The van der Waals surface area contributed by atoms with E-state index in [1.807, 2.05) is 48.1 Å². The second-order valence-electron chi connectivity index (χ2n) is 16.0. The highest BCUT2D eigenvalue weighted by Crippen LogP contribution is 2.70. The number of piperidine rings is 2. The molecule has 11 nitrogen and oxygen atoms in total. The van der Waals surface area contributed by atoms with E-state index in [1.165, 1.54) is 0 Å². The molecule has 2 N–H and O–H groups in total. The molecule has 2 aliphatic carbocycles. The molecule has 13 heteroatoms. The fraction of sp³-hybridized carbons (Fsp3) is 0.525. The second-order valence-corrected chi connectivity index (χ2v) is 16.0. The van der Waals surface area contributed by atoms with E-state index in [0.717, 1.165) is 90.1 Å². The van der Waals surface area contributed by atoms with Crippen LogP contribution in [0.4, 0.5) is 20.3 Å². The van der Waals surface area contributed by atoms with E-state index in [2.05, 4.69) is 20.2 Å². The molecule has 278 valence electrons. The third-order valence-corrected chi connectivity index (χ3v) is 12.8. The molecule has 4 atom stereocenters. The lowest BCUT2D eigenvalue weighted by molar-refractivity contribution is -0.134. The van der Waals surface area contributed by atoms with E-state index in [-0.39, 0.29) is 35.8 Å². The number of aromatic amines is 1. The number of benzene rings is 1. The number of alkyl halides is 2. The minimum atomic E-state index is -2.69. The number of H-pyrrole nitrogens is 1. The molecule has 5 aliphatic rings. The Morgan fingerprint density at radius 3 is 2.64 bits per heavy atom. The average molecular weight is 726 g/mol. The van der Waals surface area contributed by atoms with Crippen molar-refractivity contribution in [2.75, 3.05) is 36.5 Å². The molecule has 0 radical (unpaired) electrons. The number of anilines is 2. The smallest absolute Gasteiger partial charge is 0.258 e. The molecular weight excluding hydrogens is 680 g/mol. The molecule has 0 bridgehead atoms. The number of carbonyl (C=O) groups is 3. The van der Waals surface area contributed by atoms with E-state index < -0.39 is 17.3 Å². The lowest BCUT2D eigenvalue weighted by atomic mass is 9.87. The van der Waals surface area contributed by atoms with Crippen LogP contribution in [-0.4, -0.2) is 70.1 Å². The van der Waals surface area contributed by atoms with Crippen LogP contribution in [0.2, 0.25) is 0 Å². The minimum absolute atomic E-state index is 0.0509. The van der Waals surface area contributed by atoms with Crippen LogP contribution in [0.3, 0.4) is 0 Å². The van der Waals surface area contributed by atoms with Gasteiger partial charge in [-0.15, -0.1) is 0 Å². The summed E-state index contributed by atoms with van der Waals surface area (Å²) in [6.45, 7) is 3.92. The van der Waals surface area contributed by atoms with Gasteiger partial charge in [0.2, 0.25) is 17.7 Å². The third kappa shape index (κ3) is 5.82. The predicted molar refractivity (Wildman–Crippen MR) is 195 cm³/mol. The number of hydrogen-bond acceptors (Lipinski definition) is 7. The number of hydrogen-bond donors (Lipinski definition) is 2. The lowest BCUT2D eigenvalue weighted by Gasteiger charge is -2.33. The monoisotopic (exact) mass is 725 g/mol. The summed E-state index contributed by atoms with van der Waals surface area (Å²) >= 11 is 0. The molecule has 4 unspecified atom stereocenters. The van der Waals surface area contributed by atoms with Crippen molar-refractivity contribution in [3.05, 3.63) is 59.4 Å². The van der Waals surface area contributed by atoms with Gasteiger partial charge in [-0.05, 0) is 80.7 Å². The fourth-order valence-electron chi connectivity index (χ4n) is 9.25. The molecule has 6 heterocycles. The Balaban J connectivity index is 0.860. The summed E-state index contributed by atoms with van der Waals surface area (Å²) < 4.78 is 38.0. The lowest BCUT2D eigenvalue weighted by Crippen LogP contribution is -2.39. The van der Waals surface area contributed by atoms with Crippen molar-refractivity contribution in [2.45, 2.75) is 89.2 Å². The molecule has 1 saturated carbocycles. The first-order valence-electron chi connectivity index (χ1n) is 19.0. The summed E-state index contributed by atoms with van der Waals surface area (Å²) in [5, 5.41) is 8.41. The van der Waals surface area contributed by atoms with Crippen LogP contribution in [0.1, 0.15) is 87.3 Å². The van der Waals surface area contributed by atoms with Crippen molar-refractivity contribution in [3.63, 3.8) is 0 Å². The quantitative estimate of drug-likeness (QED) is 0.215. The van der Waals surface area contributed by atoms with E-state index in [9.17, 15) is 23.2 Å². The van der Waals surface area contributed by atoms with Gasteiger partial charge in [0.05, 0.1) is 11.6 Å². The van der Waals surface area contributed by atoms with Gasteiger partial charge in [-0.25, -0.2) is 18.4 Å². The summed E-state index contributed by atoms with van der Waals surface area (Å²) in [5.41, 5.74) is 4.69. The van der Waals surface area contributed by atoms with Crippen molar-refractivity contribution < 1.29 is 27.9 Å². The Morgan fingerprint density at radius 1 is 1.08 bits per heavy atom. The molecule has 3 amide bonds. The summed E-state index contributed by atoms with van der Waals surface area (Å²) in [6.07, 6.45) is 7.92. The van der Waals surface area contributed by atoms with E-state index >= 15 is 0 Å². The highest BCUT2D eigenvalue weighted by atomic mass is 19.3. The molecule has 3 saturated heterocycles. The number of ether oxygens (including phenoxy) is 1. The van der Waals surface area contributed by atoms with E-state index in [0.29, 0.717) is 44.4 Å². The van der Waals surface area contributed by atoms with Crippen LogP contribution in [0.5, 0.6) is 0 Å². The number of pyridine rings is 1. The topological polar surface area (TPSA) is 125 Å². The number of amides is 3. The first kappa shape index (κ1) is 34.1. The largest absolute Gasteiger partial charge is 0.357 e. The van der Waals surface area contributed by atoms with Crippen LogP contribution in [0.15, 0.2) is 42.6 Å². The molecule has 9 rings (SSSR count). The highest BCUT2D eigenvalue weighted by molar-refractivity contribution is 6.01. The average Bonchev–Trinajstić information content (AvgIpc) is 3.51. The van der Waals surface area contributed by atoms with Crippen LogP contribution in [0.25, 0.3) is 22.3 Å². The number of nitrogens with one attached hydrogen (secondary N) is 2. The van der Waals surface area contributed by atoms with Crippen LogP contribution in [0, 0.1) is 17.3 Å². The number of nitrogens with zero attached hydrogens (tertiary/aromatic N) is 5. The second kappa shape index (κ2) is 12.7. The zero-order chi connectivity index (χ0) is 36.6. The van der Waals surface area contributed by atoms with Crippen molar-refractivity contribution in [1.82, 2.24) is 25.1 Å². The van der Waals surface area contributed by atoms with Crippen LogP contribution < -0.4 is 15.1 Å². The number of rotatable bonds is 7. The van der Waals surface area contributed by atoms with Crippen molar-refractivity contribution >= 4 is 40.1 Å². The maximum Gasteiger partial charge on any atom is 0.258 e. The summed E-state index contributed by atoms with van der Waals surface area (Å²) in [7, 11) is 1.81. The Kier molecular flexibility index (Phi) is 8.21. The molecular formula is C40H45F2N7O4. The number of aromatic nitrogens is 4. The van der Waals surface area contributed by atoms with Crippen molar-refractivity contribution in [3.8, 4) is 11.4 Å². The maximum atomic E-state index is 15.0. The Morgan fingerprint density at radius 2 is 1.91 bits per heavy atom. The van der Waals surface area contributed by atoms with Gasteiger partial charge in [0.15, 0.2) is 0 Å². The normalized spacial score (nSPS) is 26.9. The molecule has 3 aromatic heterocycles. The molecule has 53 heavy (non-hydrogen) atoms. The number of carbonyl (C=O) groups excluding carboxylic acids is 3. The van der Waals surface area contributed by atoms with Crippen LogP contribution >= 0.6 is 0 Å². The number of halogens is 2. The van der Waals surface area contributed by atoms with Crippen molar-refractivity contribution in [2.24, 2.45) is 17.3 Å². The molecule has 4 fully saturated rings. The zero-order valence-electron chi connectivity index (χ0n) is 30.2. The summed E-state index contributed by atoms with van der Waals surface area (Å²) in [4.78, 5) is 49.4. The highest BCUT2D eigenvalue weighted by Gasteiger charge is 2.78. The molecule has 4 aromatic rings. The van der Waals surface area contributed by atoms with Gasteiger partial charge in [-0.1, -0.05) is 19.1 Å². The summed E-state index contributed by atoms with van der Waals surface area (Å²) in [6, 6.07) is 11.8. The number of fused-ring (bicyclic) bond motifs is 3. The van der Waals surface area contributed by atoms with Gasteiger partial charge in [0.1, 0.15) is 17.7 Å². The Bertz CT molecular complexity index is 2100. The van der Waals surface area contributed by atoms with Gasteiger partial charge < -0.3 is 19.5 Å². The SMILES string of the molecule is CN(C(=O)CC1CCN(c2ccc(C3CCC(=O)NC3=O)cn2)CC1)c1ccc2cc(-c3nn(C4CCCCO4)c4c3CC3C(F)(F)C3(C)C4)[nH]c2c1. The van der Waals surface area contributed by atoms with E-state index in [1.54, 1.807) is 18.0 Å². The maximum absolute atomic E-state index is 15.0. The van der Waals surface area contributed by atoms with E-state index in [4.69, 9.17) is 9.84 Å².